The lowest BCUT2D eigenvalue weighted by Crippen LogP contribution is -2.27. The first kappa shape index (κ1) is 13.7. The molecule has 1 aliphatic rings. The maximum atomic E-state index is 11.6. The van der Waals surface area contributed by atoms with Gasteiger partial charge in [0.15, 0.2) is 0 Å². The Morgan fingerprint density at radius 1 is 1.32 bits per heavy atom. The average Bonchev–Trinajstić information content (AvgIpc) is 2.85. The molecule has 0 saturated carbocycles. The summed E-state index contributed by atoms with van der Waals surface area (Å²) in [6, 6.07) is 8.52. The Morgan fingerprint density at radius 3 is 2.53 bits per heavy atom. The van der Waals surface area contributed by atoms with Gasteiger partial charge in [-0.1, -0.05) is 20.3 Å². The van der Waals surface area contributed by atoms with Crippen molar-refractivity contribution in [3.05, 3.63) is 24.3 Å². The first-order valence-electron chi connectivity index (χ1n) is 7.03. The van der Waals surface area contributed by atoms with E-state index in [9.17, 15) is 4.79 Å². The molecule has 104 valence electrons. The predicted molar refractivity (Wildman–Crippen MR) is 79.7 cm³/mol. The van der Waals surface area contributed by atoms with E-state index in [4.69, 9.17) is 0 Å². The minimum absolute atomic E-state index is 0.00585. The molecule has 4 heteroatoms. The lowest BCUT2D eigenvalue weighted by Gasteiger charge is -2.22. The van der Waals surface area contributed by atoms with Gasteiger partial charge in [-0.05, 0) is 37.1 Å². The zero-order valence-electron chi connectivity index (χ0n) is 11.9. The molecule has 1 heterocycles. The number of benzene rings is 1. The summed E-state index contributed by atoms with van der Waals surface area (Å²) >= 11 is 0. The number of anilines is 2. The summed E-state index contributed by atoms with van der Waals surface area (Å²) in [5.74, 6) is 0.643. The second-order valence-electron chi connectivity index (χ2n) is 5.25. The van der Waals surface area contributed by atoms with Crippen molar-refractivity contribution in [2.45, 2.75) is 33.2 Å². The predicted octanol–water partition coefficient (Wildman–Crippen LogP) is 3.06. The number of hydrogen-bond donors (Lipinski definition) is 2. The van der Waals surface area contributed by atoms with Gasteiger partial charge in [-0.3, -0.25) is 4.90 Å². The lowest BCUT2D eigenvalue weighted by molar-refractivity contribution is 0.252. The van der Waals surface area contributed by atoms with Gasteiger partial charge in [0.05, 0.1) is 0 Å². The number of urea groups is 1. The van der Waals surface area contributed by atoms with Crippen molar-refractivity contribution in [1.29, 1.82) is 0 Å². The molecule has 1 aliphatic heterocycles. The number of nitrogens with one attached hydrogen (secondary N) is 2. The molecule has 0 spiro atoms. The molecule has 1 aromatic carbocycles. The molecule has 2 N–H and O–H groups in total. The van der Waals surface area contributed by atoms with Crippen LogP contribution in [0.15, 0.2) is 24.3 Å². The summed E-state index contributed by atoms with van der Waals surface area (Å²) in [6.07, 6.45) is 1.17. The second kappa shape index (κ2) is 5.95. The van der Waals surface area contributed by atoms with E-state index >= 15 is 0 Å². The quantitative estimate of drug-likeness (QED) is 0.855. The molecular formula is C15H23N3O. The zero-order valence-corrected chi connectivity index (χ0v) is 11.9. The molecule has 0 bridgehead atoms. The maximum absolute atomic E-state index is 11.6. The molecule has 0 aliphatic carbocycles. The molecule has 19 heavy (non-hydrogen) atoms. The second-order valence-corrected chi connectivity index (χ2v) is 5.25. The molecule has 1 fully saturated rings. The highest BCUT2D eigenvalue weighted by molar-refractivity contribution is 5.94. The fourth-order valence-corrected chi connectivity index (χ4v) is 2.21. The molecular weight excluding hydrogens is 238 g/mol. The van der Waals surface area contributed by atoms with Gasteiger partial charge in [-0.15, -0.1) is 0 Å². The van der Waals surface area contributed by atoms with Crippen molar-refractivity contribution in [2.24, 2.45) is 5.92 Å². The van der Waals surface area contributed by atoms with Crippen molar-refractivity contribution in [3.8, 4) is 0 Å². The van der Waals surface area contributed by atoms with Crippen molar-refractivity contribution >= 4 is 17.4 Å². The van der Waals surface area contributed by atoms with Gasteiger partial charge in [-0.2, -0.15) is 0 Å². The van der Waals surface area contributed by atoms with Crippen molar-refractivity contribution in [3.63, 3.8) is 0 Å². The fourth-order valence-electron chi connectivity index (χ4n) is 2.21. The van der Waals surface area contributed by atoms with E-state index in [1.807, 2.05) is 24.3 Å². The zero-order chi connectivity index (χ0) is 13.8. The summed E-state index contributed by atoms with van der Waals surface area (Å²) < 4.78 is 0. The molecule has 1 saturated heterocycles. The topological polar surface area (TPSA) is 44.4 Å². The first-order valence-corrected chi connectivity index (χ1v) is 7.03. The van der Waals surface area contributed by atoms with Crippen LogP contribution in [0.1, 0.15) is 27.2 Å². The molecule has 4 nitrogen and oxygen atoms in total. The highest BCUT2D eigenvalue weighted by Crippen LogP contribution is 2.21. The van der Waals surface area contributed by atoms with E-state index in [1.54, 1.807) is 4.90 Å². The Hall–Kier alpha value is -1.71. The van der Waals surface area contributed by atoms with Crippen LogP contribution in [0.25, 0.3) is 0 Å². The Labute approximate surface area is 115 Å². The van der Waals surface area contributed by atoms with E-state index in [-0.39, 0.29) is 6.03 Å². The van der Waals surface area contributed by atoms with E-state index in [1.165, 1.54) is 6.42 Å². The summed E-state index contributed by atoms with van der Waals surface area (Å²) in [5.41, 5.74) is 2.06. The van der Waals surface area contributed by atoms with Crippen molar-refractivity contribution in [2.75, 3.05) is 23.3 Å². The van der Waals surface area contributed by atoms with Crippen molar-refractivity contribution in [1.82, 2.24) is 5.32 Å². The van der Waals surface area contributed by atoms with Crippen LogP contribution in [0.3, 0.4) is 0 Å². The van der Waals surface area contributed by atoms with E-state index in [0.717, 1.165) is 24.5 Å². The number of rotatable bonds is 5. The van der Waals surface area contributed by atoms with Crippen LogP contribution >= 0.6 is 0 Å². The fraction of sp³-hybridized carbons (Fsp3) is 0.533. The average molecular weight is 261 g/mol. The van der Waals surface area contributed by atoms with E-state index < -0.39 is 0 Å². The van der Waals surface area contributed by atoms with Crippen LogP contribution in [0, 0.1) is 5.92 Å². The van der Waals surface area contributed by atoms with Gasteiger partial charge in [0, 0.05) is 30.5 Å². The SMILES string of the molecule is CCC(C)C(C)Nc1ccc(N2CCNC2=O)cc1. The Balaban J connectivity index is 2.00. The standard InChI is InChI=1S/C15H23N3O/c1-4-11(2)12(3)17-13-5-7-14(8-6-13)18-10-9-16-15(18)19/h5-8,11-12,17H,4,9-10H2,1-3H3,(H,16,19). The number of carbonyl (C=O) groups excluding carboxylic acids is 1. The molecule has 2 unspecified atom stereocenters. The number of carbonyl (C=O) groups is 1. The molecule has 0 aromatic heterocycles. The summed E-state index contributed by atoms with van der Waals surface area (Å²) in [4.78, 5) is 13.3. The van der Waals surface area contributed by atoms with Gasteiger partial charge in [0.2, 0.25) is 0 Å². The van der Waals surface area contributed by atoms with Crippen LogP contribution in [-0.2, 0) is 0 Å². The lowest BCUT2D eigenvalue weighted by atomic mass is 10.0. The molecule has 2 rings (SSSR count). The number of hydrogen-bond acceptors (Lipinski definition) is 2. The molecule has 0 radical (unpaired) electrons. The van der Waals surface area contributed by atoms with Crippen molar-refractivity contribution < 1.29 is 4.79 Å². The first-order chi connectivity index (χ1) is 9.11. The largest absolute Gasteiger partial charge is 0.382 e. The van der Waals surface area contributed by atoms with Crippen LogP contribution in [0.2, 0.25) is 0 Å². The monoisotopic (exact) mass is 261 g/mol. The maximum Gasteiger partial charge on any atom is 0.321 e. The minimum atomic E-state index is -0.00585. The molecule has 2 atom stereocenters. The van der Waals surface area contributed by atoms with E-state index in [0.29, 0.717) is 12.0 Å². The minimum Gasteiger partial charge on any atom is -0.382 e. The number of nitrogens with zero attached hydrogens (tertiary/aromatic N) is 1. The Kier molecular flexibility index (Phi) is 4.30. The van der Waals surface area contributed by atoms with Gasteiger partial charge < -0.3 is 10.6 Å². The van der Waals surface area contributed by atoms with E-state index in [2.05, 4.69) is 31.4 Å². The summed E-state index contributed by atoms with van der Waals surface area (Å²) in [6.45, 7) is 8.13. The Bertz CT molecular complexity index is 430. The van der Waals surface area contributed by atoms with Crippen LogP contribution in [0.4, 0.5) is 16.2 Å². The highest BCUT2D eigenvalue weighted by atomic mass is 16.2. The third-order valence-corrected chi connectivity index (χ3v) is 3.93. The Morgan fingerprint density at radius 2 is 2.00 bits per heavy atom. The van der Waals surface area contributed by atoms with Crippen LogP contribution in [0.5, 0.6) is 0 Å². The third-order valence-electron chi connectivity index (χ3n) is 3.93. The third kappa shape index (κ3) is 3.19. The highest BCUT2D eigenvalue weighted by Gasteiger charge is 2.20. The normalized spacial score (nSPS) is 18.1. The van der Waals surface area contributed by atoms with Gasteiger partial charge in [0.25, 0.3) is 0 Å². The van der Waals surface area contributed by atoms with Crippen LogP contribution < -0.4 is 15.5 Å². The van der Waals surface area contributed by atoms with Crippen LogP contribution in [-0.4, -0.2) is 25.2 Å². The molecule has 2 amide bonds. The number of amides is 2. The smallest absolute Gasteiger partial charge is 0.321 e. The van der Waals surface area contributed by atoms with Gasteiger partial charge in [0.1, 0.15) is 0 Å². The van der Waals surface area contributed by atoms with Gasteiger partial charge in [-0.25, -0.2) is 4.79 Å². The van der Waals surface area contributed by atoms with Gasteiger partial charge >= 0.3 is 6.03 Å². The molecule has 1 aromatic rings. The summed E-state index contributed by atoms with van der Waals surface area (Å²) in [5, 5.41) is 6.31. The summed E-state index contributed by atoms with van der Waals surface area (Å²) in [7, 11) is 0.